The zero-order valence-electron chi connectivity index (χ0n) is 11.2. The van der Waals surface area contributed by atoms with Crippen LogP contribution in [-0.2, 0) is 0 Å². The van der Waals surface area contributed by atoms with Crippen molar-refractivity contribution in [3.05, 3.63) is 58.1 Å². The number of amides is 1. The largest absolute Gasteiger partial charge is 0.508 e. The second-order valence-corrected chi connectivity index (χ2v) is 5.31. The summed E-state index contributed by atoms with van der Waals surface area (Å²) in [4.78, 5) is 12.5. The molecule has 0 spiro atoms. The Morgan fingerprint density at radius 1 is 1.33 bits per heavy atom. The number of hydrogen-bond donors (Lipinski definition) is 3. The van der Waals surface area contributed by atoms with Crippen molar-refractivity contribution in [2.24, 2.45) is 5.73 Å². The average Bonchev–Trinajstić information content (AvgIpc) is 2.43. The van der Waals surface area contributed by atoms with Gasteiger partial charge in [0.05, 0.1) is 10.7 Å². The van der Waals surface area contributed by atoms with Gasteiger partial charge in [-0.05, 0) is 37.3 Å². The summed E-state index contributed by atoms with van der Waals surface area (Å²) in [6, 6.07) is 9.66. The van der Waals surface area contributed by atoms with Gasteiger partial charge in [-0.3, -0.25) is 4.79 Å². The number of hydrogen-bond acceptors (Lipinski definition) is 3. The van der Waals surface area contributed by atoms with E-state index in [0.717, 1.165) is 0 Å². The molecule has 2 aromatic rings. The van der Waals surface area contributed by atoms with Gasteiger partial charge in [-0.15, -0.1) is 0 Å². The second kappa shape index (κ2) is 6.11. The van der Waals surface area contributed by atoms with Crippen LogP contribution in [0.25, 0.3) is 0 Å². The molecule has 0 unspecified atom stereocenters. The van der Waals surface area contributed by atoms with E-state index in [0.29, 0.717) is 27.4 Å². The van der Waals surface area contributed by atoms with Crippen molar-refractivity contribution in [1.29, 1.82) is 0 Å². The van der Waals surface area contributed by atoms with Gasteiger partial charge in [0.1, 0.15) is 10.7 Å². The summed E-state index contributed by atoms with van der Waals surface area (Å²) >= 11 is 11.0. The summed E-state index contributed by atoms with van der Waals surface area (Å²) in [5.41, 5.74) is 7.48. The Hall–Kier alpha value is -2.11. The van der Waals surface area contributed by atoms with E-state index in [1.807, 2.05) is 0 Å². The first-order chi connectivity index (χ1) is 9.90. The molecule has 1 amide bonds. The van der Waals surface area contributed by atoms with E-state index >= 15 is 0 Å². The van der Waals surface area contributed by atoms with Crippen molar-refractivity contribution >= 4 is 40.4 Å². The second-order valence-electron chi connectivity index (χ2n) is 4.46. The number of nitrogens with two attached hydrogens (primary N) is 1. The Bertz CT molecular complexity index is 732. The highest BCUT2D eigenvalue weighted by Crippen LogP contribution is 2.25. The van der Waals surface area contributed by atoms with Crippen LogP contribution in [0.4, 0.5) is 5.69 Å². The van der Waals surface area contributed by atoms with Gasteiger partial charge in [-0.1, -0.05) is 29.9 Å². The van der Waals surface area contributed by atoms with E-state index in [1.165, 1.54) is 6.07 Å². The van der Waals surface area contributed by atoms with Gasteiger partial charge < -0.3 is 16.2 Å². The number of rotatable bonds is 3. The highest BCUT2D eigenvalue weighted by atomic mass is 35.5. The van der Waals surface area contributed by atoms with Crippen LogP contribution >= 0.6 is 23.8 Å². The molecule has 0 aliphatic heterocycles. The fourth-order valence-corrected chi connectivity index (χ4v) is 2.18. The Labute approximate surface area is 132 Å². The minimum Gasteiger partial charge on any atom is -0.508 e. The van der Waals surface area contributed by atoms with Crippen molar-refractivity contribution in [3.63, 3.8) is 0 Å². The van der Waals surface area contributed by atoms with E-state index in [9.17, 15) is 9.90 Å². The van der Waals surface area contributed by atoms with Gasteiger partial charge in [0.15, 0.2) is 0 Å². The normalized spacial score (nSPS) is 10.2. The zero-order chi connectivity index (χ0) is 15.6. The van der Waals surface area contributed by atoms with Gasteiger partial charge in [-0.25, -0.2) is 0 Å². The first-order valence-electron chi connectivity index (χ1n) is 6.09. The average molecular weight is 321 g/mol. The number of phenolic OH excluding ortho intramolecular Hbond substituents is 1. The van der Waals surface area contributed by atoms with Gasteiger partial charge in [0, 0.05) is 16.7 Å². The van der Waals surface area contributed by atoms with E-state index in [1.54, 1.807) is 37.3 Å². The van der Waals surface area contributed by atoms with Crippen LogP contribution in [0.2, 0.25) is 5.02 Å². The fraction of sp³-hybridized carbons (Fsp3) is 0.0667. The van der Waals surface area contributed by atoms with Crippen LogP contribution in [0.5, 0.6) is 5.75 Å². The summed E-state index contributed by atoms with van der Waals surface area (Å²) in [7, 11) is 0. The topological polar surface area (TPSA) is 75.3 Å². The third-order valence-corrected chi connectivity index (χ3v) is 3.60. The highest BCUT2D eigenvalue weighted by Gasteiger charge is 2.13. The van der Waals surface area contributed by atoms with Crippen molar-refractivity contribution in [3.8, 4) is 5.75 Å². The Morgan fingerprint density at radius 2 is 2.05 bits per heavy atom. The predicted molar refractivity (Wildman–Crippen MR) is 88.1 cm³/mol. The summed E-state index contributed by atoms with van der Waals surface area (Å²) in [6.07, 6.45) is 0. The van der Waals surface area contributed by atoms with Crippen LogP contribution in [0.3, 0.4) is 0 Å². The molecule has 2 rings (SSSR count). The standard InChI is InChI=1S/C15H13ClN2O2S/c1-8-10(3-2-4-13(8)19)15(20)18-12-6-5-9(14(17)21)7-11(12)16/h2-7,19H,1H3,(H2,17,21)(H,18,20). The molecule has 0 fully saturated rings. The maximum atomic E-state index is 12.2. The quantitative estimate of drug-likeness (QED) is 0.759. The predicted octanol–water partition coefficient (Wildman–Crippen LogP) is 3.24. The molecule has 0 saturated carbocycles. The maximum Gasteiger partial charge on any atom is 0.256 e. The first kappa shape index (κ1) is 15.3. The van der Waals surface area contributed by atoms with E-state index < -0.39 is 0 Å². The van der Waals surface area contributed by atoms with Crippen molar-refractivity contribution in [2.45, 2.75) is 6.92 Å². The number of nitrogens with one attached hydrogen (secondary N) is 1. The van der Waals surface area contributed by atoms with Crippen molar-refractivity contribution < 1.29 is 9.90 Å². The lowest BCUT2D eigenvalue weighted by Crippen LogP contribution is -2.14. The molecular weight excluding hydrogens is 308 g/mol. The summed E-state index contributed by atoms with van der Waals surface area (Å²) in [6.45, 7) is 1.67. The molecule has 0 aliphatic carbocycles. The molecule has 0 aliphatic rings. The lowest BCUT2D eigenvalue weighted by molar-refractivity contribution is 0.102. The molecule has 108 valence electrons. The maximum absolute atomic E-state index is 12.2. The van der Waals surface area contributed by atoms with E-state index in [-0.39, 0.29) is 16.6 Å². The van der Waals surface area contributed by atoms with Crippen molar-refractivity contribution in [1.82, 2.24) is 0 Å². The number of carbonyl (C=O) groups is 1. The van der Waals surface area contributed by atoms with Crippen LogP contribution in [0, 0.1) is 6.92 Å². The molecule has 0 atom stereocenters. The summed E-state index contributed by atoms with van der Waals surface area (Å²) in [5, 5.41) is 12.7. The molecule has 0 heterocycles. The molecule has 4 nitrogen and oxygen atoms in total. The van der Waals surface area contributed by atoms with Crippen LogP contribution in [-0.4, -0.2) is 16.0 Å². The number of phenols is 1. The van der Waals surface area contributed by atoms with Crippen molar-refractivity contribution in [2.75, 3.05) is 5.32 Å². The number of halogens is 1. The van der Waals surface area contributed by atoms with E-state index in [4.69, 9.17) is 29.6 Å². The van der Waals surface area contributed by atoms with Crippen LogP contribution in [0.15, 0.2) is 36.4 Å². The lowest BCUT2D eigenvalue weighted by Gasteiger charge is -2.11. The highest BCUT2D eigenvalue weighted by molar-refractivity contribution is 7.80. The summed E-state index contributed by atoms with van der Waals surface area (Å²) < 4.78 is 0. The van der Waals surface area contributed by atoms with Gasteiger partial charge in [0.2, 0.25) is 0 Å². The minimum atomic E-state index is -0.353. The molecule has 4 N–H and O–H groups in total. The molecule has 0 radical (unpaired) electrons. The zero-order valence-corrected chi connectivity index (χ0v) is 12.8. The number of thiocarbonyl (C=S) groups is 1. The summed E-state index contributed by atoms with van der Waals surface area (Å²) in [5.74, 6) is -0.286. The third kappa shape index (κ3) is 3.32. The van der Waals surface area contributed by atoms with Gasteiger partial charge in [0.25, 0.3) is 5.91 Å². The Kier molecular flexibility index (Phi) is 4.45. The lowest BCUT2D eigenvalue weighted by atomic mass is 10.1. The van der Waals surface area contributed by atoms with Crippen LogP contribution < -0.4 is 11.1 Å². The van der Waals surface area contributed by atoms with Gasteiger partial charge >= 0.3 is 0 Å². The number of carbonyl (C=O) groups excluding carboxylic acids is 1. The molecule has 2 aromatic carbocycles. The van der Waals surface area contributed by atoms with Gasteiger partial charge in [-0.2, -0.15) is 0 Å². The molecule has 21 heavy (non-hydrogen) atoms. The molecule has 0 saturated heterocycles. The Morgan fingerprint density at radius 3 is 2.67 bits per heavy atom. The third-order valence-electron chi connectivity index (χ3n) is 3.05. The Balaban J connectivity index is 2.28. The molecular formula is C15H13ClN2O2S. The van der Waals surface area contributed by atoms with E-state index in [2.05, 4.69) is 5.32 Å². The number of benzene rings is 2. The first-order valence-corrected chi connectivity index (χ1v) is 6.88. The fourth-order valence-electron chi connectivity index (χ4n) is 1.83. The minimum absolute atomic E-state index is 0.0672. The molecule has 6 heteroatoms. The number of anilines is 1. The monoisotopic (exact) mass is 320 g/mol. The smallest absolute Gasteiger partial charge is 0.256 e. The SMILES string of the molecule is Cc1c(O)cccc1C(=O)Nc1ccc(C(N)=S)cc1Cl. The molecule has 0 aromatic heterocycles. The van der Waals surface area contributed by atoms with Crippen LogP contribution in [0.1, 0.15) is 21.5 Å². The number of aromatic hydroxyl groups is 1. The molecule has 0 bridgehead atoms.